The maximum atomic E-state index is 12.5. The van der Waals surface area contributed by atoms with Gasteiger partial charge in [0.1, 0.15) is 6.10 Å². The zero-order chi connectivity index (χ0) is 16.8. The van der Waals surface area contributed by atoms with Gasteiger partial charge in [-0.1, -0.05) is 85.8 Å². The number of carbonyl (C=O) groups excluding carboxylic acids is 1. The monoisotopic (exact) mass is 316 g/mol. The Morgan fingerprint density at radius 1 is 0.708 bits per heavy atom. The average molecular weight is 316 g/mol. The Bertz CT molecular complexity index is 767. The molecule has 0 fully saturated rings. The van der Waals surface area contributed by atoms with Crippen LogP contribution in [-0.4, -0.2) is 5.97 Å². The van der Waals surface area contributed by atoms with Crippen LogP contribution in [0.3, 0.4) is 0 Å². The average Bonchev–Trinajstić information content (AvgIpc) is 2.67. The molecule has 0 saturated carbocycles. The number of hydrogen-bond donors (Lipinski definition) is 0. The van der Waals surface area contributed by atoms with Crippen molar-refractivity contribution in [2.24, 2.45) is 0 Å². The van der Waals surface area contributed by atoms with Gasteiger partial charge in [-0.3, -0.25) is 0 Å². The van der Waals surface area contributed by atoms with Gasteiger partial charge in [-0.05, 0) is 23.3 Å². The summed E-state index contributed by atoms with van der Waals surface area (Å²) in [4.78, 5) is 12.5. The maximum Gasteiger partial charge on any atom is 0.338 e. The molecule has 0 aliphatic carbocycles. The van der Waals surface area contributed by atoms with E-state index >= 15 is 0 Å². The molecule has 3 aromatic carbocycles. The fraction of sp³-hybridized carbons (Fsp3) is 0.136. The Kier molecular flexibility index (Phi) is 5.07. The number of carbonyl (C=O) groups is 1. The predicted molar refractivity (Wildman–Crippen MR) is 95.9 cm³/mol. The first-order valence-corrected chi connectivity index (χ1v) is 8.11. The number of ether oxygens (including phenoxy) is 1. The number of esters is 1. The first-order valence-electron chi connectivity index (χ1n) is 8.11. The lowest BCUT2D eigenvalue weighted by Crippen LogP contribution is -2.17. The lowest BCUT2D eigenvalue weighted by molar-refractivity contribution is 0.0240. The van der Waals surface area contributed by atoms with Crippen molar-refractivity contribution in [2.45, 2.75) is 18.9 Å². The predicted octanol–water partition coefficient (Wildman–Crippen LogP) is 5.39. The SMILES string of the molecule is C[C@H](c1ccccc1)[C@H](OC(=O)c1ccccc1)c1ccccc1. The summed E-state index contributed by atoms with van der Waals surface area (Å²) < 4.78 is 5.90. The van der Waals surface area contributed by atoms with E-state index in [2.05, 4.69) is 19.1 Å². The van der Waals surface area contributed by atoms with Crippen molar-refractivity contribution < 1.29 is 9.53 Å². The molecule has 3 aromatic rings. The first kappa shape index (κ1) is 16.0. The minimum Gasteiger partial charge on any atom is -0.453 e. The second-order valence-corrected chi connectivity index (χ2v) is 5.80. The van der Waals surface area contributed by atoms with E-state index in [-0.39, 0.29) is 18.0 Å². The van der Waals surface area contributed by atoms with Gasteiger partial charge in [0.15, 0.2) is 0 Å². The number of benzene rings is 3. The molecule has 120 valence electrons. The molecule has 0 aliphatic rings. The first-order chi connectivity index (χ1) is 11.8. The second kappa shape index (κ2) is 7.60. The summed E-state index contributed by atoms with van der Waals surface area (Å²) in [6.45, 7) is 2.09. The highest BCUT2D eigenvalue weighted by Crippen LogP contribution is 2.34. The Balaban J connectivity index is 1.90. The smallest absolute Gasteiger partial charge is 0.338 e. The summed E-state index contributed by atoms with van der Waals surface area (Å²) in [5.74, 6) is -0.242. The largest absolute Gasteiger partial charge is 0.453 e. The van der Waals surface area contributed by atoms with Crippen molar-refractivity contribution >= 4 is 5.97 Å². The Morgan fingerprint density at radius 3 is 1.71 bits per heavy atom. The molecule has 0 radical (unpaired) electrons. The summed E-state index contributed by atoms with van der Waals surface area (Å²) in [6.07, 6.45) is -0.332. The summed E-state index contributed by atoms with van der Waals surface area (Å²) in [7, 11) is 0. The number of hydrogen-bond acceptors (Lipinski definition) is 2. The third-order valence-electron chi connectivity index (χ3n) is 4.15. The molecule has 0 aromatic heterocycles. The normalized spacial score (nSPS) is 13.0. The summed E-state index contributed by atoms with van der Waals surface area (Å²) in [6, 6.07) is 29.2. The van der Waals surface area contributed by atoms with Gasteiger partial charge in [0.25, 0.3) is 0 Å². The molecule has 2 atom stereocenters. The molecule has 2 heteroatoms. The van der Waals surface area contributed by atoms with E-state index in [4.69, 9.17) is 4.74 Å². The van der Waals surface area contributed by atoms with Gasteiger partial charge < -0.3 is 4.74 Å². The quantitative estimate of drug-likeness (QED) is 0.590. The molecule has 0 amide bonds. The van der Waals surface area contributed by atoms with Crippen LogP contribution in [-0.2, 0) is 4.74 Å². The van der Waals surface area contributed by atoms with Gasteiger partial charge in [-0.15, -0.1) is 0 Å². The van der Waals surface area contributed by atoms with Crippen LogP contribution in [0.5, 0.6) is 0 Å². The topological polar surface area (TPSA) is 26.3 Å². The van der Waals surface area contributed by atoms with Gasteiger partial charge in [-0.2, -0.15) is 0 Å². The van der Waals surface area contributed by atoms with Crippen molar-refractivity contribution in [2.75, 3.05) is 0 Å². The van der Waals surface area contributed by atoms with Crippen LogP contribution in [0.1, 0.15) is 40.4 Å². The Labute approximate surface area is 142 Å². The highest BCUT2D eigenvalue weighted by molar-refractivity contribution is 5.89. The summed E-state index contributed by atoms with van der Waals surface area (Å²) in [5.41, 5.74) is 2.71. The van der Waals surface area contributed by atoms with E-state index in [0.29, 0.717) is 5.56 Å². The third-order valence-corrected chi connectivity index (χ3v) is 4.15. The molecule has 24 heavy (non-hydrogen) atoms. The van der Waals surface area contributed by atoms with E-state index in [1.165, 1.54) is 0 Å². The highest BCUT2D eigenvalue weighted by atomic mass is 16.5. The fourth-order valence-corrected chi connectivity index (χ4v) is 2.79. The molecular formula is C22H20O2. The van der Waals surface area contributed by atoms with Gasteiger partial charge in [0, 0.05) is 5.92 Å². The lowest BCUT2D eigenvalue weighted by atomic mass is 9.90. The van der Waals surface area contributed by atoms with Crippen LogP contribution in [0.2, 0.25) is 0 Å². The zero-order valence-electron chi connectivity index (χ0n) is 13.6. The van der Waals surface area contributed by atoms with Crippen LogP contribution in [0.15, 0.2) is 91.0 Å². The van der Waals surface area contributed by atoms with Gasteiger partial charge in [-0.25, -0.2) is 4.79 Å². The van der Waals surface area contributed by atoms with E-state index in [9.17, 15) is 4.79 Å². The standard InChI is InChI=1S/C22H20O2/c1-17(18-11-5-2-6-12-18)21(19-13-7-3-8-14-19)24-22(23)20-15-9-4-10-16-20/h2-17,21H,1H3/t17-,21+/m1/s1. The van der Waals surface area contributed by atoms with Crippen molar-refractivity contribution in [3.05, 3.63) is 108 Å². The summed E-state index contributed by atoms with van der Waals surface area (Å²) >= 11 is 0. The maximum absolute atomic E-state index is 12.5. The fourth-order valence-electron chi connectivity index (χ4n) is 2.79. The second-order valence-electron chi connectivity index (χ2n) is 5.80. The van der Waals surface area contributed by atoms with E-state index in [1.54, 1.807) is 12.1 Å². The van der Waals surface area contributed by atoms with E-state index < -0.39 is 0 Å². The lowest BCUT2D eigenvalue weighted by Gasteiger charge is -2.25. The minimum atomic E-state index is -0.332. The molecule has 0 heterocycles. The number of rotatable bonds is 5. The van der Waals surface area contributed by atoms with Crippen LogP contribution in [0, 0.1) is 0 Å². The molecule has 3 rings (SSSR count). The van der Waals surface area contributed by atoms with E-state index in [1.807, 2.05) is 66.7 Å². The molecule has 0 unspecified atom stereocenters. The zero-order valence-corrected chi connectivity index (χ0v) is 13.6. The Morgan fingerprint density at radius 2 is 1.17 bits per heavy atom. The Hall–Kier alpha value is -2.87. The third kappa shape index (κ3) is 3.72. The highest BCUT2D eigenvalue weighted by Gasteiger charge is 2.25. The van der Waals surface area contributed by atoms with Crippen molar-refractivity contribution in [1.82, 2.24) is 0 Å². The van der Waals surface area contributed by atoms with Crippen LogP contribution in [0.4, 0.5) is 0 Å². The molecule has 2 nitrogen and oxygen atoms in total. The summed E-state index contributed by atoms with van der Waals surface area (Å²) in [5, 5.41) is 0. The molecule has 0 N–H and O–H groups in total. The van der Waals surface area contributed by atoms with Crippen LogP contribution >= 0.6 is 0 Å². The van der Waals surface area contributed by atoms with Gasteiger partial charge in [0.05, 0.1) is 5.56 Å². The molecule has 0 saturated heterocycles. The minimum absolute atomic E-state index is 0.0567. The van der Waals surface area contributed by atoms with Crippen LogP contribution in [0.25, 0.3) is 0 Å². The van der Waals surface area contributed by atoms with Crippen molar-refractivity contribution in [3.63, 3.8) is 0 Å². The molecule has 0 spiro atoms. The molecular weight excluding hydrogens is 296 g/mol. The van der Waals surface area contributed by atoms with Crippen molar-refractivity contribution in [1.29, 1.82) is 0 Å². The van der Waals surface area contributed by atoms with Gasteiger partial charge in [0.2, 0.25) is 0 Å². The van der Waals surface area contributed by atoms with Gasteiger partial charge >= 0.3 is 5.97 Å². The van der Waals surface area contributed by atoms with Crippen molar-refractivity contribution in [3.8, 4) is 0 Å². The van der Waals surface area contributed by atoms with Crippen LogP contribution < -0.4 is 0 Å². The van der Waals surface area contributed by atoms with E-state index in [0.717, 1.165) is 11.1 Å². The molecule has 0 bridgehead atoms. The molecule has 0 aliphatic heterocycles.